The molecule has 5 nitrogen and oxygen atoms in total. The van der Waals surface area contributed by atoms with Crippen LogP contribution in [0.4, 0.5) is 5.82 Å². The lowest BCUT2D eigenvalue weighted by molar-refractivity contribution is 0.00528. The predicted molar refractivity (Wildman–Crippen MR) is 123 cm³/mol. The number of piperazine rings is 1. The van der Waals surface area contributed by atoms with E-state index in [0.717, 1.165) is 44.3 Å². The Balaban J connectivity index is 1.62. The van der Waals surface area contributed by atoms with Gasteiger partial charge in [-0.15, -0.1) is 0 Å². The van der Waals surface area contributed by atoms with Crippen molar-refractivity contribution >= 4 is 5.82 Å². The van der Waals surface area contributed by atoms with Gasteiger partial charge >= 0.3 is 0 Å². The maximum atomic E-state index is 5.97. The van der Waals surface area contributed by atoms with Crippen LogP contribution in [0.25, 0.3) is 0 Å². The van der Waals surface area contributed by atoms with Gasteiger partial charge in [0.1, 0.15) is 6.61 Å². The minimum atomic E-state index is 0.129. The van der Waals surface area contributed by atoms with Crippen LogP contribution in [0.2, 0.25) is 0 Å². The van der Waals surface area contributed by atoms with Crippen LogP contribution in [-0.4, -0.2) is 53.1 Å². The highest BCUT2D eigenvalue weighted by Gasteiger charge is 2.36. The number of fused-ring (bicyclic) bond motifs is 1. The summed E-state index contributed by atoms with van der Waals surface area (Å²) in [6, 6.07) is 11.5. The van der Waals surface area contributed by atoms with Gasteiger partial charge in [0.25, 0.3) is 0 Å². The van der Waals surface area contributed by atoms with Gasteiger partial charge in [-0.05, 0) is 43.9 Å². The normalized spacial score (nSPS) is 20.5. The summed E-state index contributed by atoms with van der Waals surface area (Å²) in [4.78, 5) is 9.71. The summed E-state index contributed by atoms with van der Waals surface area (Å²) in [6.07, 6.45) is 1.90. The molecule has 0 aliphatic carbocycles. The highest BCUT2D eigenvalue weighted by Crippen LogP contribution is 2.37. The fourth-order valence-corrected chi connectivity index (χ4v) is 4.86. The standard InChI is InChI=1S/C25H36N4O/c1-18(2)20-8-6-7-9-21(20)22-17-28(13-14-29(22)25(3,4)5)16-19-10-11-26-24-23(19)30-15-12-27-24/h6-11,18,22H,12-17H2,1-5H3,(H,26,27). The molecule has 0 bridgehead atoms. The number of nitrogens with zero attached hydrogens (tertiary/aromatic N) is 3. The summed E-state index contributed by atoms with van der Waals surface area (Å²) in [6.45, 7) is 17.2. The zero-order valence-electron chi connectivity index (χ0n) is 19.1. The number of nitrogens with one attached hydrogen (secondary N) is 1. The number of ether oxygens (including phenoxy) is 1. The molecule has 1 N–H and O–H groups in total. The maximum Gasteiger partial charge on any atom is 0.169 e. The van der Waals surface area contributed by atoms with E-state index in [1.165, 1.54) is 16.7 Å². The summed E-state index contributed by atoms with van der Waals surface area (Å²) in [5.74, 6) is 2.33. The van der Waals surface area contributed by atoms with Gasteiger partial charge in [0.15, 0.2) is 11.6 Å². The molecule has 0 radical (unpaired) electrons. The number of hydrogen-bond acceptors (Lipinski definition) is 5. The van der Waals surface area contributed by atoms with Crippen LogP contribution in [0.5, 0.6) is 5.75 Å². The van der Waals surface area contributed by atoms with Crippen molar-refractivity contribution in [2.45, 2.75) is 58.7 Å². The first-order valence-corrected chi connectivity index (χ1v) is 11.3. The first-order chi connectivity index (χ1) is 14.3. The topological polar surface area (TPSA) is 40.6 Å². The number of rotatable bonds is 4. The molecule has 4 rings (SSSR count). The quantitative estimate of drug-likeness (QED) is 0.796. The zero-order valence-corrected chi connectivity index (χ0v) is 19.1. The molecule has 5 heteroatoms. The Morgan fingerprint density at radius 2 is 1.97 bits per heavy atom. The minimum Gasteiger partial charge on any atom is -0.488 e. The molecule has 0 amide bonds. The molecular weight excluding hydrogens is 372 g/mol. The molecule has 1 saturated heterocycles. The van der Waals surface area contributed by atoms with Crippen LogP contribution in [-0.2, 0) is 6.54 Å². The highest BCUT2D eigenvalue weighted by atomic mass is 16.5. The van der Waals surface area contributed by atoms with E-state index in [0.29, 0.717) is 18.6 Å². The second kappa shape index (κ2) is 8.56. The number of benzene rings is 1. The molecule has 2 aliphatic rings. The third-order valence-electron chi connectivity index (χ3n) is 6.32. The van der Waals surface area contributed by atoms with E-state index in [9.17, 15) is 0 Å². The summed E-state index contributed by atoms with van der Waals surface area (Å²) in [7, 11) is 0. The Morgan fingerprint density at radius 3 is 2.73 bits per heavy atom. The summed E-state index contributed by atoms with van der Waals surface area (Å²) < 4.78 is 5.97. The molecule has 30 heavy (non-hydrogen) atoms. The average Bonchev–Trinajstić information content (AvgIpc) is 2.73. The molecule has 1 aromatic carbocycles. The van der Waals surface area contributed by atoms with E-state index < -0.39 is 0 Å². The minimum absolute atomic E-state index is 0.129. The van der Waals surface area contributed by atoms with Gasteiger partial charge in [0.2, 0.25) is 0 Å². The lowest BCUT2D eigenvalue weighted by Gasteiger charge is -2.49. The SMILES string of the molecule is CC(C)c1ccccc1C1CN(Cc2ccnc3c2OCCN3)CCN1C(C)(C)C. The molecule has 1 unspecified atom stereocenters. The Bertz CT molecular complexity index is 874. The lowest BCUT2D eigenvalue weighted by atomic mass is 9.88. The average molecular weight is 409 g/mol. The third-order valence-corrected chi connectivity index (χ3v) is 6.32. The van der Waals surface area contributed by atoms with E-state index in [4.69, 9.17) is 4.74 Å². The fourth-order valence-electron chi connectivity index (χ4n) is 4.86. The number of pyridine rings is 1. The van der Waals surface area contributed by atoms with Gasteiger partial charge in [0, 0.05) is 49.5 Å². The van der Waals surface area contributed by atoms with E-state index >= 15 is 0 Å². The first-order valence-electron chi connectivity index (χ1n) is 11.3. The molecule has 1 atom stereocenters. The maximum absolute atomic E-state index is 5.97. The van der Waals surface area contributed by atoms with Gasteiger partial charge < -0.3 is 10.1 Å². The smallest absolute Gasteiger partial charge is 0.169 e. The molecule has 2 aromatic rings. The molecule has 2 aliphatic heterocycles. The highest BCUT2D eigenvalue weighted by molar-refractivity contribution is 5.55. The third kappa shape index (κ3) is 4.33. The van der Waals surface area contributed by atoms with Crippen LogP contribution in [0.1, 0.15) is 63.3 Å². The van der Waals surface area contributed by atoms with Crippen LogP contribution in [0, 0.1) is 0 Å². The van der Waals surface area contributed by atoms with Crippen molar-refractivity contribution in [3.05, 3.63) is 53.2 Å². The van der Waals surface area contributed by atoms with Crippen molar-refractivity contribution in [1.82, 2.24) is 14.8 Å². The Hall–Kier alpha value is -2.11. The summed E-state index contributed by atoms with van der Waals surface area (Å²) in [5, 5.41) is 3.36. The van der Waals surface area contributed by atoms with E-state index in [-0.39, 0.29) is 5.54 Å². The molecule has 3 heterocycles. The zero-order chi connectivity index (χ0) is 21.3. The number of aromatic nitrogens is 1. The second-order valence-electron chi connectivity index (χ2n) is 9.82. The van der Waals surface area contributed by atoms with Gasteiger partial charge in [-0.2, -0.15) is 0 Å². The largest absolute Gasteiger partial charge is 0.488 e. The Kier molecular flexibility index (Phi) is 6.03. The van der Waals surface area contributed by atoms with Gasteiger partial charge in [0.05, 0.1) is 6.54 Å². The van der Waals surface area contributed by atoms with Crippen molar-refractivity contribution in [3.63, 3.8) is 0 Å². The first kappa shape index (κ1) is 21.1. The van der Waals surface area contributed by atoms with Gasteiger partial charge in [-0.25, -0.2) is 4.98 Å². The molecule has 0 spiro atoms. The van der Waals surface area contributed by atoms with Crippen molar-refractivity contribution in [1.29, 1.82) is 0 Å². The predicted octanol–water partition coefficient (Wildman–Crippen LogP) is 4.67. The van der Waals surface area contributed by atoms with Crippen LogP contribution < -0.4 is 10.1 Å². The van der Waals surface area contributed by atoms with Crippen molar-refractivity contribution in [3.8, 4) is 5.75 Å². The van der Waals surface area contributed by atoms with Crippen molar-refractivity contribution in [2.75, 3.05) is 38.1 Å². The second-order valence-corrected chi connectivity index (χ2v) is 9.82. The fraction of sp³-hybridized carbons (Fsp3) is 0.560. The van der Waals surface area contributed by atoms with Crippen molar-refractivity contribution in [2.24, 2.45) is 0 Å². The molecular formula is C25H36N4O. The lowest BCUT2D eigenvalue weighted by Crippen LogP contribution is -2.55. The van der Waals surface area contributed by atoms with E-state index in [1.54, 1.807) is 0 Å². The van der Waals surface area contributed by atoms with E-state index in [1.807, 2.05) is 6.20 Å². The molecule has 1 fully saturated rings. The summed E-state index contributed by atoms with van der Waals surface area (Å²) in [5.41, 5.74) is 4.30. The van der Waals surface area contributed by atoms with Crippen LogP contribution in [0.15, 0.2) is 36.5 Å². The summed E-state index contributed by atoms with van der Waals surface area (Å²) >= 11 is 0. The van der Waals surface area contributed by atoms with Crippen LogP contribution >= 0.6 is 0 Å². The van der Waals surface area contributed by atoms with Crippen LogP contribution in [0.3, 0.4) is 0 Å². The van der Waals surface area contributed by atoms with Crippen molar-refractivity contribution < 1.29 is 4.74 Å². The number of hydrogen-bond donors (Lipinski definition) is 1. The molecule has 0 saturated carbocycles. The molecule has 162 valence electrons. The molecule has 1 aromatic heterocycles. The monoisotopic (exact) mass is 408 g/mol. The van der Waals surface area contributed by atoms with Gasteiger partial charge in [-0.1, -0.05) is 38.1 Å². The Morgan fingerprint density at radius 1 is 1.17 bits per heavy atom. The number of anilines is 1. The Labute approximate surface area is 181 Å². The van der Waals surface area contributed by atoms with E-state index in [2.05, 4.69) is 85.1 Å². The van der Waals surface area contributed by atoms with Gasteiger partial charge in [-0.3, -0.25) is 9.80 Å².